The molecule has 0 unspecified atom stereocenters. The van der Waals surface area contributed by atoms with E-state index in [0.717, 1.165) is 11.0 Å². The third kappa shape index (κ3) is 5.00. The minimum atomic E-state index is -0.328. The van der Waals surface area contributed by atoms with Gasteiger partial charge >= 0.3 is 5.69 Å². The van der Waals surface area contributed by atoms with Crippen molar-refractivity contribution in [2.24, 2.45) is 11.7 Å². The second kappa shape index (κ2) is 7.91. The van der Waals surface area contributed by atoms with Crippen LogP contribution in [0, 0.1) is 5.92 Å². The molecule has 0 aliphatic carbocycles. The normalized spacial score (nSPS) is 11.2. The van der Waals surface area contributed by atoms with Gasteiger partial charge in [-0.15, -0.1) is 0 Å². The largest absolute Gasteiger partial charge is 0.380 e. The molecule has 6 nitrogen and oxygen atoms in total. The predicted octanol–water partition coefficient (Wildman–Crippen LogP) is 0.0314. The first-order valence-corrected chi connectivity index (χ1v) is 6.64. The molecule has 0 saturated carbocycles. The van der Waals surface area contributed by atoms with Crippen LogP contribution in [0.4, 0.5) is 0 Å². The number of aromatic nitrogens is 2. The lowest BCUT2D eigenvalue weighted by Gasteiger charge is -2.10. The highest BCUT2D eigenvalue weighted by molar-refractivity contribution is 4.86. The topological polar surface area (TPSA) is 79.2 Å². The fourth-order valence-electron chi connectivity index (χ4n) is 1.65. The van der Waals surface area contributed by atoms with Crippen LogP contribution in [0.25, 0.3) is 0 Å². The number of hydrogen-bond donors (Lipinski definition) is 1. The molecule has 6 heteroatoms. The maximum atomic E-state index is 12.0. The zero-order valence-corrected chi connectivity index (χ0v) is 11.7. The summed E-state index contributed by atoms with van der Waals surface area (Å²) in [5.74, 6) is 0.606. The van der Waals surface area contributed by atoms with Gasteiger partial charge in [-0.05, 0) is 12.3 Å². The summed E-state index contributed by atoms with van der Waals surface area (Å²) < 4.78 is 8.09. The van der Waals surface area contributed by atoms with E-state index in [1.165, 1.54) is 16.8 Å². The summed E-state index contributed by atoms with van der Waals surface area (Å²) in [6.07, 6.45) is 2.51. The molecule has 1 rings (SSSR count). The zero-order chi connectivity index (χ0) is 14.3. The summed E-state index contributed by atoms with van der Waals surface area (Å²) in [5.41, 5.74) is 4.74. The van der Waals surface area contributed by atoms with E-state index < -0.39 is 0 Å². The molecule has 2 N–H and O–H groups in total. The first-order chi connectivity index (χ1) is 9.06. The molecule has 0 fully saturated rings. The summed E-state index contributed by atoms with van der Waals surface area (Å²) in [6.45, 7) is 6.38. The average molecular weight is 269 g/mol. The van der Waals surface area contributed by atoms with Crippen LogP contribution in [-0.4, -0.2) is 28.9 Å². The van der Waals surface area contributed by atoms with E-state index in [-0.39, 0.29) is 24.3 Å². The van der Waals surface area contributed by atoms with Gasteiger partial charge in [-0.2, -0.15) is 0 Å². The van der Waals surface area contributed by atoms with Crippen molar-refractivity contribution in [3.63, 3.8) is 0 Å². The quantitative estimate of drug-likeness (QED) is 0.675. The molecular formula is C13H23N3O3. The van der Waals surface area contributed by atoms with Gasteiger partial charge in [0.2, 0.25) is 0 Å². The van der Waals surface area contributed by atoms with E-state index in [2.05, 4.69) is 13.8 Å². The van der Waals surface area contributed by atoms with Crippen molar-refractivity contribution in [2.45, 2.75) is 33.4 Å². The van der Waals surface area contributed by atoms with Gasteiger partial charge in [0.15, 0.2) is 0 Å². The summed E-state index contributed by atoms with van der Waals surface area (Å²) in [7, 11) is 0. The third-order valence-electron chi connectivity index (χ3n) is 2.81. The highest BCUT2D eigenvalue weighted by Gasteiger charge is 2.04. The van der Waals surface area contributed by atoms with Gasteiger partial charge in [0.1, 0.15) is 0 Å². The van der Waals surface area contributed by atoms with E-state index >= 15 is 0 Å². The molecule has 1 aromatic heterocycles. The molecule has 0 aromatic carbocycles. The molecule has 19 heavy (non-hydrogen) atoms. The number of nitrogens with zero attached hydrogens (tertiary/aromatic N) is 2. The maximum absolute atomic E-state index is 12.0. The Morgan fingerprint density at radius 1 is 1.26 bits per heavy atom. The fraction of sp³-hybridized carbons (Fsp3) is 0.692. The Kier molecular flexibility index (Phi) is 6.52. The van der Waals surface area contributed by atoms with Crippen molar-refractivity contribution in [1.29, 1.82) is 0 Å². The zero-order valence-electron chi connectivity index (χ0n) is 11.7. The molecule has 1 heterocycles. The molecular weight excluding hydrogens is 246 g/mol. The summed E-state index contributed by atoms with van der Waals surface area (Å²) in [5, 5.41) is 0. The molecule has 0 saturated heterocycles. The summed E-state index contributed by atoms with van der Waals surface area (Å²) >= 11 is 0. The van der Waals surface area contributed by atoms with Crippen molar-refractivity contribution in [1.82, 2.24) is 9.13 Å². The van der Waals surface area contributed by atoms with E-state index in [1.807, 2.05) is 0 Å². The van der Waals surface area contributed by atoms with E-state index in [9.17, 15) is 9.59 Å². The predicted molar refractivity (Wildman–Crippen MR) is 74.3 cm³/mol. The van der Waals surface area contributed by atoms with E-state index in [0.29, 0.717) is 25.7 Å². The van der Waals surface area contributed by atoms with Gasteiger partial charge in [0.05, 0.1) is 13.2 Å². The third-order valence-corrected chi connectivity index (χ3v) is 2.81. The molecule has 1 aromatic rings. The molecule has 0 amide bonds. The number of rotatable bonds is 8. The second-order valence-electron chi connectivity index (χ2n) is 4.87. The summed E-state index contributed by atoms with van der Waals surface area (Å²) in [4.78, 5) is 23.5. The number of nitrogens with two attached hydrogens (primary N) is 1. The minimum absolute atomic E-state index is 0.243. The van der Waals surface area contributed by atoms with Gasteiger partial charge in [-0.1, -0.05) is 13.8 Å². The maximum Gasteiger partial charge on any atom is 0.331 e. The van der Waals surface area contributed by atoms with Crippen molar-refractivity contribution >= 4 is 0 Å². The molecule has 108 valence electrons. The Morgan fingerprint density at radius 2 is 2.00 bits per heavy atom. The molecule has 0 bridgehead atoms. The smallest absolute Gasteiger partial charge is 0.331 e. The number of ether oxygens (including phenoxy) is 1. The number of hydrogen-bond acceptors (Lipinski definition) is 4. The molecule has 0 radical (unpaired) electrons. The van der Waals surface area contributed by atoms with Gasteiger partial charge in [-0.3, -0.25) is 13.9 Å². The second-order valence-corrected chi connectivity index (χ2v) is 4.87. The lowest BCUT2D eigenvalue weighted by molar-refractivity contribution is 0.115. The lowest BCUT2D eigenvalue weighted by Crippen LogP contribution is -2.41. The average Bonchev–Trinajstić information content (AvgIpc) is 2.36. The highest BCUT2D eigenvalue weighted by atomic mass is 16.5. The van der Waals surface area contributed by atoms with Crippen molar-refractivity contribution in [3.05, 3.63) is 33.1 Å². The molecule has 0 aliphatic heterocycles. The summed E-state index contributed by atoms with van der Waals surface area (Å²) in [6, 6.07) is 1.38. The SMILES string of the molecule is CC(C)CCOCCn1ccc(=O)n(CCN)c1=O. The van der Waals surface area contributed by atoms with Crippen LogP contribution in [0.15, 0.2) is 21.9 Å². The van der Waals surface area contributed by atoms with E-state index in [1.54, 1.807) is 0 Å². The van der Waals surface area contributed by atoms with Crippen molar-refractivity contribution < 1.29 is 4.74 Å². The Bertz CT molecular complexity index is 491. The van der Waals surface area contributed by atoms with Gasteiger partial charge in [-0.25, -0.2) is 4.79 Å². The highest BCUT2D eigenvalue weighted by Crippen LogP contribution is 1.98. The van der Waals surface area contributed by atoms with Crippen molar-refractivity contribution in [2.75, 3.05) is 19.8 Å². The van der Waals surface area contributed by atoms with Crippen LogP contribution in [0.5, 0.6) is 0 Å². The monoisotopic (exact) mass is 269 g/mol. The standard InChI is InChI=1S/C13H23N3O3/c1-11(2)4-9-19-10-8-15-6-3-12(17)16(7-5-14)13(15)18/h3,6,11H,4-5,7-10,14H2,1-2H3. The molecule has 0 spiro atoms. The van der Waals surface area contributed by atoms with Gasteiger partial charge in [0.25, 0.3) is 5.56 Å². The lowest BCUT2D eigenvalue weighted by atomic mass is 10.1. The van der Waals surface area contributed by atoms with E-state index in [4.69, 9.17) is 10.5 Å². The van der Waals surface area contributed by atoms with Crippen molar-refractivity contribution in [3.8, 4) is 0 Å². The van der Waals surface area contributed by atoms with Crippen LogP contribution in [0.2, 0.25) is 0 Å². The van der Waals surface area contributed by atoms with Gasteiger partial charge < -0.3 is 10.5 Å². The van der Waals surface area contributed by atoms with Crippen LogP contribution < -0.4 is 17.0 Å². The first kappa shape index (κ1) is 15.7. The first-order valence-electron chi connectivity index (χ1n) is 6.64. The Balaban J connectivity index is 2.57. The fourth-order valence-corrected chi connectivity index (χ4v) is 1.65. The van der Waals surface area contributed by atoms with Crippen LogP contribution in [0.1, 0.15) is 20.3 Å². The minimum Gasteiger partial charge on any atom is -0.380 e. The van der Waals surface area contributed by atoms with Crippen LogP contribution >= 0.6 is 0 Å². The van der Waals surface area contributed by atoms with Gasteiger partial charge in [0, 0.05) is 32.0 Å². The Morgan fingerprint density at radius 3 is 2.63 bits per heavy atom. The molecule has 0 aliphatic rings. The Labute approximate surface area is 112 Å². The Hall–Kier alpha value is -1.40. The van der Waals surface area contributed by atoms with Crippen LogP contribution in [0.3, 0.4) is 0 Å². The van der Waals surface area contributed by atoms with Crippen LogP contribution in [-0.2, 0) is 17.8 Å². The molecule has 0 atom stereocenters.